The highest BCUT2D eigenvalue weighted by Crippen LogP contribution is 2.15. The van der Waals surface area contributed by atoms with Gasteiger partial charge in [0.05, 0.1) is 24.1 Å². The molecule has 0 spiro atoms. The molecule has 0 aliphatic carbocycles. The van der Waals surface area contributed by atoms with E-state index in [0.29, 0.717) is 30.0 Å². The minimum atomic E-state index is -0.652. The molecule has 3 aromatic rings. The van der Waals surface area contributed by atoms with Crippen molar-refractivity contribution < 1.29 is 9.15 Å². The van der Waals surface area contributed by atoms with Crippen LogP contribution in [0.2, 0.25) is 0 Å². The van der Waals surface area contributed by atoms with Crippen molar-refractivity contribution in [2.75, 3.05) is 6.61 Å². The van der Waals surface area contributed by atoms with Crippen LogP contribution in [0.4, 0.5) is 0 Å². The van der Waals surface area contributed by atoms with Gasteiger partial charge in [0.25, 0.3) is 0 Å². The third-order valence-corrected chi connectivity index (χ3v) is 4.04. The molecule has 0 aliphatic rings. The van der Waals surface area contributed by atoms with Crippen LogP contribution in [0.15, 0.2) is 62.5 Å². The van der Waals surface area contributed by atoms with Gasteiger partial charge in [-0.25, -0.2) is 9.59 Å². The van der Waals surface area contributed by atoms with Crippen LogP contribution < -0.4 is 16.1 Å². The average Bonchev–Trinajstić information content (AvgIpc) is 2.59. The summed E-state index contributed by atoms with van der Waals surface area (Å²) >= 11 is 0. The second-order valence-electron chi connectivity index (χ2n) is 6.43. The first-order valence-corrected chi connectivity index (χ1v) is 8.39. The summed E-state index contributed by atoms with van der Waals surface area (Å²) in [5, 5.41) is 0.399. The molecule has 0 atom stereocenters. The van der Waals surface area contributed by atoms with Crippen molar-refractivity contribution in [1.82, 2.24) is 4.57 Å². The first-order valence-electron chi connectivity index (χ1n) is 8.39. The van der Waals surface area contributed by atoms with Gasteiger partial charge in [-0.15, -0.1) is 0 Å². The fraction of sp³-hybridized carbons (Fsp3) is 0.300. The zero-order chi connectivity index (χ0) is 17.8. The summed E-state index contributed by atoms with van der Waals surface area (Å²) in [5.74, 6) is 0.759. The Kier molecular flexibility index (Phi) is 5.03. The molecule has 0 amide bonds. The predicted molar refractivity (Wildman–Crippen MR) is 97.2 cm³/mol. The summed E-state index contributed by atoms with van der Waals surface area (Å²) in [6.45, 7) is 5.33. The molecule has 0 unspecified atom stereocenters. The lowest BCUT2D eigenvalue weighted by molar-refractivity contribution is 0.289. The third-order valence-electron chi connectivity index (χ3n) is 4.04. The molecule has 5 nitrogen and oxygen atoms in total. The molecule has 1 aromatic heterocycles. The van der Waals surface area contributed by atoms with Gasteiger partial charge in [0, 0.05) is 0 Å². The van der Waals surface area contributed by atoms with Crippen molar-refractivity contribution in [3.8, 4) is 5.75 Å². The van der Waals surface area contributed by atoms with Gasteiger partial charge in [-0.05, 0) is 42.2 Å². The maximum Gasteiger partial charge on any atom is 0.422 e. The molecule has 3 rings (SSSR count). The summed E-state index contributed by atoms with van der Waals surface area (Å²) in [6, 6.07) is 14.6. The third kappa shape index (κ3) is 3.99. The lowest BCUT2D eigenvalue weighted by Gasteiger charge is -2.10. The van der Waals surface area contributed by atoms with Crippen molar-refractivity contribution in [1.29, 1.82) is 0 Å². The molecule has 0 aliphatic heterocycles. The molecular weight excluding hydrogens is 318 g/mol. The van der Waals surface area contributed by atoms with E-state index in [0.717, 1.165) is 17.7 Å². The highest BCUT2D eigenvalue weighted by molar-refractivity contribution is 5.77. The first-order chi connectivity index (χ1) is 12.0. The van der Waals surface area contributed by atoms with Crippen LogP contribution in [0.1, 0.15) is 25.8 Å². The zero-order valence-corrected chi connectivity index (χ0v) is 14.4. The Hall–Kier alpha value is -2.82. The summed E-state index contributed by atoms with van der Waals surface area (Å²) in [5.41, 5.74) is 0.893. The number of benzene rings is 2. The largest absolute Gasteiger partial charge is 0.494 e. The van der Waals surface area contributed by atoms with Crippen molar-refractivity contribution in [3.05, 3.63) is 75.1 Å². The van der Waals surface area contributed by atoms with Crippen LogP contribution in [-0.4, -0.2) is 11.2 Å². The number of rotatable bonds is 6. The van der Waals surface area contributed by atoms with E-state index < -0.39 is 11.4 Å². The average molecular weight is 339 g/mol. The topological polar surface area (TPSA) is 61.4 Å². The molecular formula is C20H21NO4. The summed E-state index contributed by atoms with van der Waals surface area (Å²) in [7, 11) is 0. The summed E-state index contributed by atoms with van der Waals surface area (Å²) < 4.78 is 12.0. The number of para-hydroxylation sites is 1. The van der Waals surface area contributed by atoms with Crippen LogP contribution >= 0.6 is 0 Å². The van der Waals surface area contributed by atoms with Gasteiger partial charge in [0.1, 0.15) is 5.75 Å². The van der Waals surface area contributed by atoms with Crippen molar-refractivity contribution in [2.45, 2.75) is 26.8 Å². The van der Waals surface area contributed by atoms with Crippen LogP contribution in [0.25, 0.3) is 10.9 Å². The predicted octanol–water partition coefficient (Wildman–Crippen LogP) is 3.43. The second-order valence-corrected chi connectivity index (χ2v) is 6.43. The number of nitrogens with zero attached hydrogens (tertiary/aromatic N) is 1. The second kappa shape index (κ2) is 7.38. The standard InChI is InChI=1S/C20H21NO4/c1-14(2)11-12-24-16-9-7-15(8-10-16)13-21-18-6-4-3-5-17(18)19(22)25-20(21)23/h3-10,14H,11-13H2,1-2H3. The van der Waals surface area contributed by atoms with Crippen molar-refractivity contribution >= 4 is 10.9 Å². The normalized spacial score (nSPS) is 11.2. The van der Waals surface area contributed by atoms with Gasteiger partial charge in [-0.2, -0.15) is 0 Å². The molecule has 0 radical (unpaired) electrons. The lowest BCUT2D eigenvalue weighted by Crippen LogP contribution is -2.25. The first kappa shape index (κ1) is 17.0. The number of ether oxygens (including phenoxy) is 1. The highest BCUT2D eigenvalue weighted by Gasteiger charge is 2.09. The van der Waals surface area contributed by atoms with Crippen molar-refractivity contribution in [2.24, 2.45) is 5.92 Å². The molecule has 0 N–H and O–H groups in total. The van der Waals surface area contributed by atoms with E-state index in [1.807, 2.05) is 24.3 Å². The molecule has 25 heavy (non-hydrogen) atoms. The fourth-order valence-electron chi connectivity index (χ4n) is 2.61. The molecule has 0 fully saturated rings. The van der Waals surface area contributed by atoms with Crippen LogP contribution in [0.5, 0.6) is 5.75 Å². The monoisotopic (exact) mass is 339 g/mol. The van der Waals surface area contributed by atoms with Gasteiger partial charge in [-0.1, -0.05) is 38.1 Å². The van der Waals surface area contributed by atoms with E-state index >= 15 is 0 Å². The van der Waals surface area contributed by atoms with Gasteiger partial charge in [-0.3, -0.25) is 4.57 Å². The fourth-order valence-corrected chi connectivity index (χ4v) is 2.61. The van der Waals surface area contributed by atoms with Crippen molar-refractivity contribution in [3.63, 3.8) is 0 Å². The Labute approximate surface area is 145 Å². The Balaban J connectivity index is 1.82. The number of hydrogen-bond donors (Lipinski definition) is 0. The molecule has 1 heterocycles. The highest BCUT2D eigenvalue weighted by atomic mass is 16.5. The quantitative estimate of drug-likeness (QED) is 0.690. The van der Waals surface area contributed by atoms with E-state index in [9.17, 15) is 9.59 Å². The van der Waals surface area contributed by atoms with E-state index in [-0.39, 0.29) is 0 Å². The Morgan fingerprint density at radius 1 is 1.04 bits per heavy atom. The summed E-state index contributed by atoms with van der Waals surface area (Å²) in [4.78, 5) is 23.9. The van der Waals surface area contributed by atoms with Crippen LogP contribution in [0.3, 0.4) is 0 Å². The molecule has 5 heteroatoms. The number of hydrogen-bond acceptors (Lipinski definition) is 4. The van der Waals surface area contributed by atoms with Crippen LogP contribution in [0, 0.1) is 5.92 Å². The Morgan fingerprint density at radius 3 is 2.48 bits per heavy atom. The molecule has 0 saturated carbocycles. The SMILES string of the molecule is CC(C)CCOc1ccc(Cn2c(=O)oc(=O)c3ccccc32)cc1. The van der Waals surface area contributed by atoms with Gasteiger partial charge in [0.2, 0.25) is 0 Å². The lowest BCUT2D eigenvalue weighted by atomic mass is 10.1. The van der Waals surface area contributed by atoms with Gasteiger partial charge >= 0.3 is 11.4 Å². The maximum atomic E-state index is 12.1. The number of aromatic nitrogens is 1. The Morgan fingerprint density at radius 2 is 1.76 bits per heavy atom. The van der Waals surface area contributed by atoms with E-state index in [1.165, 1.54) is 4.57 Å². The van der Waals surface area contributed by atoms with Crippen LogP contribution in [-0.2, 0) is 6.54 Å². The maximum absolute atomic E-state index is 12.1. The van der Waals surface area contributed by atoms with E-state index in [4.69, 9.17) is 9.15 Å². The molecule has 2 aromatic carbocycles. The minimum absolute atomic E-state index is 0.329. The molecule has 0 saturated heterocycles. The zero-order valence-electron chi connectivity index (χ0n) is 14.4. The Bertz CT molecular complexity index is 967. The van der Waals surface area contributed by atoms with Gasteiger partial charge in [0.15, 0.2) is 0 Å². The summed E-state index contributed by atoms with van der Waals surface area (Å²) in [6.07, 6.45) is 1.01. The molecule has 0 bridgehead atoms. The van der Waals surface area contributed by atoms with E-state index in [1.54, 1.807) is 24.3 Å². The number of fused-ring (bicyclic) bond motifs is 1. The minimum Gasteiger partial charge on any atom is -0.494 e. The van der Waals surface area contributed by atoms with E-state index in [2.05, 4.69) is 13.8 Å². The molecule has 130 valence electrons. The smallest absolute Gasteiger partial charge is 0.422 e. The van der Waals surface area contributed by atoms with Gasteiger partial charge < -0.3 is 9.15 Å².